The van der Waals surface area contributed by atoms with E-state index in [9.17, 15) is 8.42 Å². The molecule has 0 radical (unpaired) electrons. The normalized spacial score (nSPS) is 12.5. The van der Waals surface area contributed by atoms with Gasteiger partial charge in [-0.25, -0.2) is 0 Å². The summed E-state index contributed by atoms with van der Waals surface area (Å²) in [5.41, 5.74) is 1.08. The van der Waals surface area contributed by atoms with Gasteiger partial charge in [0, 0.05) is 8.07 Å². The van der Waals surface area contributed by atoms with Crippen molar-refractivity contribution in [3.63, 3.8) is 0 Å². The van der Waals surface area contributed by atoms with Crippen molar-refractivity contribution in [3.8, 4) is 5.75 Å². The smallest absolute Gasteiger partial charge is 0.308 e. The van der Waals surface area contributed by atoms with Gasteiger partial charge in [-0.1, -0.05) is 37.3 Å². The van der Waals surface area contributed by atoms with E-state index in [1.807, 2.05) is 19.1 Å². The Morgan fingerprint density at radius 2 is 1.65 bits per heavy atom. The fraction of sp³-hybridized carbons (Fsp3) is 0.500. The molecule has 1 aromatic carbocycles. The van der Waals surface area contributed by atoms with Crippen molar-refractivity contribution in [2.24, 2.45) is 0 Å². The fourth-order valence-corrected chi connectivity index (χ4v) is 5.15. The molecule has 0 aromatic heterocycles. The van der Waals surface area contributed by atoms with Crippen LogP contribution in [0.4, 0.5) is 0 Å². The van der Waals surface area contributed by atoms with Gasteiger partial charge < -0.3 is 4.18 Å². The SMILES string of the molecule is Cc1ccc(OS(=O)(=O)CC[Si](C)(C)C)cc1. The van der Waals surface area contributed by atoms with Crippen molar-refractivity contribution in [3.05, 3.63) is 29.8 Å². The van der Waals surface area contributed by atoms with E-state index in [1.54, 1.807) is 12.1 Å². The average Bonchev–Trinajstić information content (AvgIpc) is 2.18. The molecule has 0 saturated carbocycles. The third kappa shape index (κ3) is 5.88. The van der Waals surface area contributed by atoms with Gasteiger partial charge in [0.15, 0.2) is 0 Å². The first-order valence-corrected chi connectivity index (χ1v) is 11.0. The van der Waals surface area contributed by atoms with Gasteiger partial charge in [-0.15, -0.1) is 0 Å². The summed E-state index contributed by atoms with van der Waals surface area (Å²) >= 11 is 0. The van der Waals surface area contributed by atoms with Crippen LogP contribution in [0.2, 0.25) is 25.7 Å². The molecule has 5 heteroatoms. The lowest BCUT2D eigenvalue weighted by molar-refractivity contribution is 0.487. The summed E-state index contributed by atoms with van der Waals surface area (Å²) in [7, 11) is -4.80. The standard InChI is InChI=1S/C12H20O3SSi/c1-11-5-7-12(8-6-11)15-16(13,14)9-10-17(2,3)4/h5-8H,9-10H2,1-4H3. The summed E-state index contributed by atoms with van der Waals surface area (Å²) in [6.07, 6.45) is 0. The molecule has 0 aliphatic heterocycles. The van der Waals surface area contributed by atoms with Crippen LogP contribution in [0.3, 0.4) is 0 Å². The Hall–Kier alpha value is -0.813. The van der Waals surface area contributed by atoms with Gasteiger partial charge in [0.1, 0.15) is 5.75 Å². The molecule has 0 amide bonds. The molecule has 1 aromatic rings. The summed E-state index contributed by atoms with van der Waals surface area (Å²) in [6.45, 7) is 8.39. The van der Waals surface area contributed by atoms with Gasteiger partial charge in [-0.2, -0.15) is 8.42 Å². The molecule has 0 aliphatic carbocycles. The minimum absolute atomic E-state index is 0.108. The van der Waals surface area contributed by atoms with Gasteiger partial charge in [0.25, 0.3) is 0 Å². The van der Waals surface area contributed by atoms with Crippen LogP contribution in [0, 0.1) is 6.92 Å². The second-order valence-corrected chi connectivity index (χ2v) is 12.8. The van der Waals surface area contributed by atoms with Crippen molar-refractivity contribution in [1.82, 2.24) is 0 Å². The highest BCUT2D eigenvalue weighted by Crippen LogP contribution is 2.16. The predicted molar refractivity (Wildman–Crippen MR) is 73.7 cm³/mol. The average molecular weight is 272 g/mol. The molecule has 0 fully saturated rings. The van der Waals surface area contributed by atoms with Gasteiger partial charge in [0.2, 0.25) is 0 Å². The second-order valence-electron chi connectivity index (χ2n) is 5.47. The summed E-state index contributed by atoms with van der Waals surface area (Å²) in [5.74, 6) is 0.502. The van der Waals surface area contributed by atoms with E-state index < -0.39 is 18.2 Å². The molecule has 3 nitrogen and oxygen atoms in total. The zero-order valence-corrected chi connectivity index (χ0v) is 12.7. The highest BCUT2D eigenvalue weighted by Gasteiger charge is 2.20. The quantitative estimate of drug-likeness (QED) is 0.611. The molecule has 0 spiro atoms. The lowest BCUT2D eigenvalue weighted by atomic mass is 10.2. The molecule has 1 rings (SSSR count). The van der Waals surface area contributed by atoms with E-state index in [2.05, 4.69) is 19.6 Å². The van der Waals surface area contributed by atoms with E-state index in [0.717, 1.165) is 11.6 Å². The van der Waals surface area contributed by atoms with Crippen LogP contribution in [0.1, 0.15) is 5.56 Å². The maximum absolute atomic E-state index is 11.7. The molecular weight excluding hydrogens is 252 g/mol. The maximum atomic E-state index is 11.7. The van der Waals surface area contributed by atoms with E-state index in [0.29, 0.717) is 5.75 Å². The Labute approximate surface area is 105 Å². The van der Waals surface area contributed by atoms with Crippen LogP contribution in [0.25, 0.3) is 0 Å². The first-order valence-electron chi connectivity index (χ1n) is 5.67. The Kier molecular flexibility index (Phi) is 4.38. The Bertz CT molecular complexity index is 458. The van der Waals surface area contributed by atoms with Crippen LogP contribution in [-0.4, -0.2) is 22.2 Å². The Balaban J connectivity index is 2.64. The number of benzene rings is 1. The maximum Gasteiger partial charge on any atom is 0.308 e. The lowest BCUT2D eigenvalue weighted by Crippen LogP contribution is -2.25. The molecule has 0 aliphatic rings. The summed E-state index contributed by atoms with van der Waals surface area (Å²) in [6, 6.07) is 7.76. The third-order valence-corrected chi connectivity index (χ3v) is 5.61. The largest absolute Gasteiger partial charge is 0.382 e. The van der Waals surface area contributed by atoms with Gasteiger partial charge in [0.05, 0.1) is 5.75 Å². The van der Waals surface area contributed by atoms with Crippen molar-refractivity contribution in [2.45, 2.75) is 32.6 Å². The second kappa shape index (κ2) is 5.22. The van der Waals surface area contributed by atoms with Crippen molar-refractivity contribution < 1.29 is 12.6 Å². The van der Waals surface area contributed by atoms with E-state index in [1.165, 1.54) is 0 Å². The molecule has 0 saturated heterocycles. The van der Waals surface area contributed by atoms with E-state index >= 15 is 0 Å². The number of rotatable bonds is 5. The molecule has 0 N–H and O–H groups in total. The van der Waals surface area contributed by atoms with Gasteiger partial charge >= 0.3 is 10.1 Å². The molecule has 0 unspecified atom stereocenters. The molecule has 0 heterocycles. The Morgan fingerprint density at radius 3 is 2.12 bits per heavy atom. The first-order chi connectivity index (χ1) is 7.68. The zero-order chi connectivity index (χ0) is 13.1. The van der Waals surface area contributed by atoms with E-state index in [-0.39, 0.29) is 5.75 Å². The van der Waals surface area contributed by atoms with Crippen LogP contribution < -0.4 is 4.18 Å². The van der Waals surface area contributed by atoms with Crippen LogP contribution in [-0.2, 0) is 10.1 Å². The predicted octanol–water partition coefficient (Wildman–Crippen LogP) is 3.04. The summed E-state index contributed by atoms with van der Waals surface area (Å²) < 4.78 is 28.5. The van der Waals surface area contributed by atoms with Crippen molar-refractivity contribution in [2.75, 3.05) is 5.75 Å². The topological polar surface area (TPSA) is 43.4 Å². The van der Waals surface area contributed by atoms with Crippen LogP contribution in [0.15, 0.2) is 24.3 Å². The molecule has 0 atom stereocenters. The number of hydrogen-bond acceptors (Lipinski definition) is 3. The summed E-state index contributed by atoms with van der Waals surface area (Å²) in [4.78, 5) is 0. The fourth-order valence-electron chi connectivity index (χ4n) is 1.21. The number of hydrogen-bond donors (Lipinski definition) is 0. The van der Waals surface area contributed by atoms with Crippen molar-refractivity contribution in [1.29, 1.82) is 0 Å². The van der Waals surface area contributed by atoms with Gasteiger partial charge in [-0.3, -0.25) is 0 Å². The third-order valence-electron chi connectivity index (χ3n) is 2.35. The molecule has 0 bridgehead atoms. The minimum Gasteiger partial charge on any atom is -0.382 e. The molecule has 96 valence electrons. The monoisotopic (exact) mass is 272 g/mol. The number of aryl methyl sites for hydroxylation is 1. The first kappa shape index (κ1) is 14.2. The van der Waals surface area contributed by atoms with Crippen LogP contribution in [0.5, 0.6) is 5.75 Å². The highest BCUT2D eigenvalue weighted by molar-refractivity contribution is 7.87. The minimum atomic E-state index is -3.45. The highest BCUT2D eigenvalue weighted by atomic mass is 32.2. The van der Waals surface area contributed by atoms with E-state index in [4.69, 9.17) is 4.18 Å². The zero-order valence-electron chi connectivity index (χ0n) is 10.9. The summed E-state index contributed by atoms with van der Waals surface area (Å²) in [5, 5.41) is 0. The Morgan fingerprint density at radius 1 is 1.12 bits per heavy atom. The molecular formula is C12H20O3SSi. The lowest BCUT2D eigenvalue weighted by Gasteiger charge is -2.15. The van der Waals surface area contributed by atoms with Crippen LogP contribution >= 0.6 is 0 Å². The van der Waals surface area contributed by atoms with Gasteiger partial charge in [-0.05, 0) is 25.1 Å². The molecule has 17 heavy (non-hydrogen) atoms. The van der Waals surface area contributed by atoms with Crippen molar-refractivity contribution >= 4 is 18.2 Å².